The number of amides is 1. The van der Waals surface area contributed by atoms with E-state index in [9.17, 15) is 9.18 Å². The average Bonchev–Trinajstić information content (AvgIpc) is 3.08. The molecule has 0 saturated carbocycles. The van der Waals surface area contributed by atoms with Gasteiger partial charge in [0.2, 0.25) is 0 Å². The van der Waals surface area contributed by atoms with Crippen LogP contribution in [0.25, 0.3) is 10.2 Å². The molecular formula is C23H25FN4OS. The molecule has 2 N–H and O–H groups in total. The Bertz CT molecular complexity index is 1120. The molecule has 30 heavy (non-hydrogen) atoms. The minimum absolute atomic E-state index is 0.0463. The smallest absolute Gasteiger partial charge is 0.266 e. The van der Waals surface area contributed by atoms with Crippen molar-refractivity contribution in [2.45, 2.75) is 26.2 Å². The highest BCUT2D eigenvalue weighted by Crippen LogP contribution is 2.37. The van der Waals surface area contributed by atoms with Gasteiger partial charge in [-0.15, -0.1) is 11.3 Å². The number of pyridine rings is 1. The number of benzene rings is 1. The molecule has 0 bridgehead atoms. The second-order valence-electron chi connectivity index (χ2n) is 8.37. The van der Waals surface area contributed by atoms with Crippen molar-refractivity contribution in [3.8, 4) is 0 Å². The number of fused-ring (bicyclic) bond motifs is 2. The third-order valence-corrected chi connectivity index (χ3v) is 7.39. The second kappa shape index (κ2) is 7.54. The van der Waals surface area contributed by atoms with Crippen molar-refractivity contribution in [3.63, 3.8) is 0 Å². The van der Waals surface area contributed by atoms with Crippen LogP contribution in [-0.2, 0) is 12.8 Å². The van der Waals surface area contributed by atoms with E-state index in [1.807, 2.05) is 15.9 Å². The van der Waals surface area contributed by atoms with Crippen LogP contribution in [0.2, 0.25) is 0 Å². The van der Waals surface area contributed by atoms with Crippen LogP contribution in [-0.4, -0.2) is 42.0 Å². The Morgan fingerprint density at radius 2 is 2.00 bits per heavy atom. The molecule has 3 aromatic rings. The Morgan fingerprint density at radius 3 is 2.77 bits per heavy atom. The number of rotatable bonds is 2. The Balaban J connectivity index is 1.36. The molecule has 7 heteroatoms. The third-order valence-electron chi connectivity index (χ3n) is 6.29. The molecule has 0 radical (unpaired) electrons. The minimum Gasteiger partial charge on any atom is -0.397 e. The van der Waals surface area contributed by atoms with Gasteiger partial charge in [0, 0.05) is 37.3 Å². The zero-order chi connectivity index (χ0) is 20.8. The van der Waals surface area contributed by atoms with Gasteiger partial charge >= 0.3 is 0 Å². The number of hydrogen-bond acceptors (Lipinski definition) is 5. The van der Waals surface area contributed by atoms with Crippen molar-refractivity contribution in [2.75, 3.05) is 36.8 Å². The quantitative estimate of drug-likeness (QED) is 0.673. The summed E-state index contributed by atoms with van der Waals surface area (Å²) in [5, 5.41) is 0.904. The van der Waals surface area contributed by atoms with E-state index in [0.717, 1.165) is 35.2 Å². The van der Waals surface area contributed by atoms with Crippen molar-refractivity contribution in [2.24, 2.45) is 5.92 Å². The molecule has 3 heterocycles. The number of nitrogens with zero attached hydrogens (tertiary/aromatic N) is 3. The van der Waals surface area contributed by atoms with Gasteiger partial charge in [-0.2, -0.15) is 0 Å². The van der Waals surface area contributed by atoms with Gasteiger partial charge < -0.3 is 15.5 Å². The van der Waals surface area contributed by atoms with Gasteiger partial charge in [0.05, 0.1) is 11.4 Å². The van der Waals surface area contributed by atoms with Crippen molar-refractivity contribution >= 4 is 38.8 Å². The molecule has 1 aromatic carbocycles. The first kappa shape index (κ1) is 19.3. The van der Waals surface area contributed by atoms with Gasteiger partial charge in [-0.3, -0.25) is 4.79 Å². The lowest BCUT2D eigenvalue weighted by atomic mass is 9.87. The van der Waals surface area contributed by atoms with Gasteiger partial charge in [-0.25, -0.2) is 9.37 Å². The van der Waals surface area contributed by atoms with Crippen LogP contribution in [0.4, 0.5) is 15.8 Å². The Morgan fingerprint density at radius 1 is 1.23 bits per heavy atom. The largest absolute Gasteiger partial charge is 0.397 e. The molecule has 1 aliphatic carbocycles. The lowest BCUT2D eigenvalue weighted by Crippen LogP contribution is -2.49. The molecule has 156 valence electrons. The fraction of sp³-hybridized carbons (Fsp3) is 0.391. The second-order valence-corrected chi connectivity index (χ2v) is 9.37. The monoisotopic (exact) mass is 424 g/mol. The summed E-state index contributed by atoms with van der Waals surface area (Å²) in [6.45, 7) is 4.55. The molecule has 0 spiro atoms. The topological polar surface area (TPSA) is 62.5 Å². The standard InChI is InChI=1S/C23H25FN4OS/c1-14-6-7-18-15(12-14)13-16-20(25)21(30-22(16)26-18)23(29)28-10-8-27(9-11-28)19-5-3-2-4-17(19)24/h2-5,13-14H,6-12,25H2,1H3. The van der Waals surface area contributed by atoms with E-state index in [4.69, 9.17) is 10.7 Å². The number of aryl methyl sites for hydroxylation is 1. The molecule has 1 atom stereocenters. The Labute approximate surface area is 179 Å². The predicted molar refractivity (Wildman–Crippen MR) is 120 cm³/mol. The lowest BCUT2D eigenvalue weighted by molar-refractivity contribution is 0.0752. The molecule has 1 unspecified atom stereocenters. The van der Waals surface area contributed by atoms with Crippen LogP contribution in [0.3, 0.4) is 0 Å². The average molecular weight is 425 g/mol. The summed E-state index contributed by atoms with van der Waals surface area (Å²) in [5.41, 5.74) is 9.97. The minimum atomic E-state index is -0.226. The molecule has 2 aromatic heterocycles. The summed E-state index contributed by atoms with van der Waals surface area (Å²) in [7, 11) is 0. The number of para-hydroxylation sites is 1. The van der Waals surface area contributed by atoms with Crippen LogP contribution in [0.15, 0.2) is 30.3 Å². The number of thiophene rings is 1. The first-order valence-corrected chi connectivity index (χ1v) is 11.3. The van der Waals surface area contributed by atoms with Gasteiger partial charge in [-0.1, -0.05) is 19.1 Å². The zero-order valence-corrected chi connectivity index (χ0v) is 17.8. The molecule has 2 aliphatic rings. The van der Waals surface area contributed by atoms with Crippen molar-refractivity contribution in [1.29, 1.82) is 0 Å². The van der Waals surface area contributed by atoms with E-state index >= 15 is 0 Å². The number of aromatic nitrogens is 1. The van der Waals surface area contributed by atoms with Crippen molar-refractivity contribution in [3.05, 3.63) is 52.3 Å². The number of anilines is 2. The fourth-order valence-electron chi connectivity index (χ4n) is 4.53. The zero-order valence-electron chi connectivity index (χ0n) is 17.0. The SMILES string of the molecule is CC1CCc2nc3sc(C(=O)N4CCN(c5ccccc5F)CC4)c(N)c3cc2C1. The van der Waals surface area contributed by atoms with Gasteiger partial charge in [0.15, 0.2) is 0 Å². The number of nitrogen functional groups attached to an aromatic ring is 1. The highest BCUT2D eigenvalue weighted by atomic mass is 32.1. The van der Waals surface area contributed by atoms with Crippen LogP contribution < -0.4 is 10.6 Å². The molecule has 1 saturated heterocycles. The molecule has 5 nitrogen and oxygen atoms in total. The molecule has 1 fully saturated rings. The summed E-state index contributed by atoms with van der Waals surface area (Å²) >= 11 is 1.40. The molecule has 1 amide bonds. The Hall–Kier alpha value is -2.67. The van der Waals surface area contributed by atoms with Crippen molar-refractivity contribution < 1.29 is 9.18 Å². The van der Waals surface area contributed by atoms with Gasteiger partial charge in [0.25, 0.3) is 5.91 Å². The van der Waals surface area contributed by atoms with E-state index < -0.39 is 0 Å². The number of carbonyl (C=O) groups excluding carboxylic acids is 1. The summed E-state index contributed by atoms with van der Waals surface area (Å²) in [6.07, 6.45) is 3.17. The summed E-state index contributed by atoms with van der Waals surface area (Å²) in [6, 6.07) is 8.92. The number of halogens is 1. The van der Waals surface area contributed by atoms with Crippen LogP contribution in [0, 0.1) is 11.7 Å². The number of carbonyl (C=O) groups is 1. The van der Waals surface area contributed by atoms with E-state index in [1.54, 1.807) is 12.1 Å². The highest BCUT2D eigenvalue weighted by Gasteiger charge is 2.28. The fourth-order valence-corrected chi connectivity index (χ4v) is 5.60. The first-order valence-electron chi connectivity index (χ1n) is 10.5. The predicted octanol–water partition coefficient (Wildman–Crippen LogP) is 4.10. The van der Waals surface area contributed by atoms with Crippen LogP contribution in [0.5, 0.6) is 0 Å². The van der Waals surface area contributed by atoms with Crippen LogP contribution in [0.1, 0.15) is 34.3 Å². The Kier molecular flexibility index (Phi) is 4.85. The van der Waals surface area contributed by atoms with Crippen molar-refractivity contribution in [1.82, 2.24) is 9.88 Å². The molecule has 1 aliphatic heterocycles. The summed E-state index contributed by atoms with van der Waals surface area (Å²) in [4.78, 5) is 23.3. The van der Waals surface area contributed by atoms with Gasteiger partial charge in [-0.05, 0) is 48.9 Å². The van der Waals surface area contributed by atoms with E-state index in [-0.39, 0.29) is 11.7 Å². The lowest BCUT2D eigenvalue weighted by Gasteiger charge is -2.36. The third kappa shape index (κ3) is 3.31. The number of hydrogen-bond donors (Lipinski definition) is 1. The number of piperazine rings is 1. The summed E-state index contributed by atoms with van der Waals surface area (Å²) in [5.74, 6) is 0.383. The maximum Gasteiger partial charge on any atom is 0.266 e. The van der Waals surface area contributed by atoms with E-state index in [1.165, 1.54) is 23.0 Å². The maximum absolute atomic E-state index is 14.1. The highest BCUT2D eigenvalue weighted by molar-refractivity contribution is 7.21. The van der Waals surface area contributed by atoms with E-state index in [0.29, 0.717) is 48.3 Å². The normalized spacial score (nSPS) is 19.2. The molecular weight excluding hydrogens is 399 g/mol. The first-order chi connectivity index (χ1) is 14.5. The van der Waals surface area contributed by atoms with Gasteiger partial charge in [0.1, 0.15) is 15.5 Å². The maximum atomic E-state index is 14.1. The number of nitrogens with two attached hydrogens (primary N) is 1. The van der Waals surface area contributed by atoms with Crippen LogP contribution >= 0.6 is 11.3 Å². The molecule has 5 rings (SSSR count). The van der Waals surface area contributed by atoms with E-state index in [2.05, 4.69) is 13.0 Å². The summed E-state index contributed by atoms with van der Waals surface area (Å²) < 4.78 is 14.1.